The first-order valence-electron chi connectivity index (χ1n) is 6.08. The second-order valence-electron chi connectivity index (χ2n) is 6.03. The molecule has 1 saturated heterocycles. The number of hydrogen-bond acceptors (Lipinski definition) is 3. The van der Waals surface area contributed by atoms with E-state index in [0.29, 0.717) is 13.2 Å². The first-order valence-corrected chi connectivity index (χ1v) is 8.99. The van der Waals surface area contributed by atoms with Gasteiger partial charge in [0.25, 0.3) is 0 Å². The Labute approximate surface area is 104 Å². The van der Waals surface area contributed by atoms with Crippen LogP contribution in [0.5, 0.6) is 0 Å². The van der Waals surface area contributed by atoms with Gasteiger partial charge in [-0.15, -0.1) is 0 Å². The number of nitrogens with zero attached hydrogens (tertiary/aromatic N) is 3. The summed E-state index contributed by atoms with van der Waals surface area (Å²) in [4.78, 5) is 2.72. The van der Waals surface area contributed by atoms with Gasteiger partial charge in [0, 0.05) is 11.5 Å². The quantitative estimate of drug-likeness (QED) is 0.240. The summed E-state index contributed by atoms with van der Waals surface area (Å²) < 4.78 is 11.6. The SMILES string of the molecule is CC(C)(C)[Si](C)(C)OC[C@@H]1O[C@H]1CCN=[N+]=[N-]. The van der Waals surface area contributed by atoms with Crippen molar-refractivity contribution in [2.45, 2.75) is 57.5 Å². The van der Waals surface area contributed by atoms with E-state index in [4.69, 9.17) is 14.7 Å². The minimum Gasteiger partial charge on any atom is -0.414 e. The molecule has 17 heavy (non-hydrogen) atoms. The van der Waals surface area contributed by atoms with Gasteiger partial charge in [-0.05, 0) is 30.1 Å². The van der Waals surface area contributed by atoms with Gasteiger partial charge < -0.3 is 9.16 Å². The summed E-state index contributed by atoms with van der Waals surface area (Å²) in [6.45, 7) is 12.4. The van der Waals surface area contributed by atoms with Crippen LogP contribution < -0.4 is 0 Å². The molecule has 0 spiro atoms. The van der Waals surface area contributed by atoms with Gasteiger partial charge in [-0.25, -0.2) is 0 Å². The molecule has 0 bridgehead atoms. The molecule has 0 aromatic heterocycles. The fourth-order valence-electron chi connectivity index (χ4n) is 1.32. The summed E-state index contributed by atoms with van der Waals surface area (Å²) in [5.41, 5.74) is 8.16. The molecule has 0 amide bonds. The molecule has 1 fully saturated rings. The van der Waals surface area contributed by atoms with Gasteiger partial charge in [0.2, 0.25) is 0 Å². The summed E-state index contributed by atoms with van der Waals surface area (Å²) in [6, 6.07) is 0. The molecule has 0 radical (unpaired) electrons. The Bertz CT molecular complexity index is 308. The zero-order chi connectivity index (χ0) is 13.1. The highest BCUT2D eigenvalue weighted by molar-refractivity contribution is 6.74. The zero-order valence-electron chi connectivity index (χ0n) is 11.4. The number of azide groups is 1. The van der Waals surface area contributed by atoms with E-state index in [-0.39, 0.29) is 17.2 Å². The summed E-state index contributed by atoms with van der Waals surface area (Å²) in [5, 5.41) is 3.74. The van der Waals surface area contributed by atoms with Gasteiger partial charge in [0.15, 0.2) is 8.32 Å². The van der Waals surface area contributed by atoms with Gasteiger partial charge in [-0.3, -0.25) is 0 Å². The average molecular weight is 257 g/mol. The molecule has 5 nitrogen and oxygen atoms in total. The Kier molecular flexibility index (Phi) is 4.60. The van der Waals surface area contributed by atoms with Crippen LogP contribution in [0, 0.1) is 0 Å². The maximum Gasteiger partial charge on any atom is 0.192 e. The topological polar surface area (TPSA) is 70.5 Å². The molecule has 1 heterocycles. The summed E-state index contributed by atoms with van der Waals surface area (Å²) in [6.07, 6.45) is 1.23. The molecule has 0 aliphatic carbocycles. The summed E-state index contributed by atoms with van der Waals surface area (Å²) in [5.74, 6) is 0. The van der Waals surface area contributed by atoms with Crippen LogP contribution in [0.15, 0.2) is 5.11 Å². The zero-order valence-corrected chi connectivity index (χ0v) is 12.4. The van der Waals surface area contributed by atoms with E-state index in [1.807, 2.05) is 0 Å². The minimum absolute atomic E-state index is 0.206. The van der Waals surface area contributed by atoms with Crippen molar-refractivity contribution in [3.63, 3.8) is 0 Å². The smallest absolute Gasteiger partial charge is 0.192 e. The Morgan fingerprint density at radius 3 is 2.53 bits per heavy atom. The van der Waals surface area contributed by atoms with E-state index in [1.165, 1.54) is 0 Å². The molecule has 1 aliphatic heterocycles. The fraction of sp³-hybridized carbons (Fsp3) is 1.00. The van der Waals surface area contributed by atoms with Crippen molar-refractivity contribution in [3.05, 3.63) is 10.4 Å². The summed E-state index contributed by atoms with van der Waals surface area (Å²) in [7, 11) is -1.66. The van der Waals surface area contributed by atoms with Crippen LogP contribution in [0.2, 0.25) is 18.1 Å². The predicted molar refractivity (Wildman–Crippen MR) is 70.4 cm³/mol. The van der Waals surface area contributed by atoms with Crippen LogP contribution in [0.25, 0.3) is 10.4 Å². The largest absolute Gasteiger partial charge is 0.414 e. The van der Waals surface area contributed by atoms with E-state index in [0.717, 1.165) is 6.42 Å². The third-order valence-electron chi connectivity index (χ3n) is 3.68. The van der Waals surface area contributed by atoms with Gasteiger partial charge in [0.05, 0.1) is 12.7 Å². The molecular weight excluding hydrogens is 234 g/mol. The van der Waals surface area contributed by atoms with E-state index in [2.05, 4.69) is 43.9 Å². The monoisotopic (exact) mass is 257 g/mol. The van der Waals surface area contributed by atoms with Crippen LogP contribution in [0.4, 0.5) is 0 Å². The molecule has 98 valence electrons. The van der Waals surface area contributed by atoms with Gasteiger partial charge >= 0.3 is 0 Å². The number of rotatable bonds is 6. The molecule has 0 aromatic carbocycles. The van der Waals surface area contributed by atoms with Crippen molar-refractivity contribution in [3.8, 4) is 0 Å². The van der Waals surface area contributed by atoms with Crippen LogP contribution >= 0.6 is 0 Å². The lowest BCUT2D eigenvalue weighted by atomic mass is 10.2. The Balaban J connectivity index is 2.23. The molecule has 6 heteroatoms. The van der Waals surface area contributed by atoms with E-state index in [9.17, 15) is 0 Å². The predicted octanol–water partition coefficient (Wildman–Crippen LogP) is 3.48. The average Bonchev–Trinajstić information content (AvgIpc) is 2.93. The van der Waals surface area contributed by atoms with E-state index < -0.39 is 8.32 Å². The lowest BCUT2D eigenvalue weighted by Gasteiger charge is -2.36. The number of epoxide rings is 1. The highest BCUT2D eigenvalue weighted by Gasteiger charge is 2.42. The second-order valence-corrected chi connectivity index (χ2v) is 10.8. The maximum absolute atomic E-state index is 8.16. The highest BCUT2D eigenvalue weighted by atomic mass is 28.4. The van der Waals surface area contributed by atoms with Gasteiger partial charge in [0.1, 0.15) is 6.10 Å². The third kappa shape index (κ3) is 4.31. The second kappa shape index (κ2) is 5.39. The van der Waals surface area contributed by atoms with Crippen molar-refractivity contribution in [1.82, 2.24) is 0 Å². The first kappa shape index (κ1) is 14.5. The molecule has 2 atom stereocenters. The highest BCUT2D eigenvalue weighted by Crippen LogP contribution is 2.37. The molecule has 0 N–H and O–H groups in total. The van der Waals surface area contributed by atoms with Crippen molar-refractivity contribution in [2.75, 3.05) is 13.2 Å². The maximum atomic E-state index is 8.16. The van der Waals surface area contributed by atoms with Crippen molar-refractivity contribution >= 4 is 8.32 Å². The number of hydrogen-bond donors (Lipinski definition) is 0. The molecule has 0 saturated carbocycles. The first-order chi connectivity index (χ1) is 7.78. The standard InChI is InChI=1S/C11H23N3O2Si/c1-11(2,3)17(4,5)15-8-10-9(16-10)6-7-13-14-12/h9-10H,6-8H2,1-5H3/t9-,10-/m0/s1. The lowest BCUT2D eigenvalue weighted by Crippen LogP contribution is -2.41. The van der Waals surface area contributed by atoms with E-state index >= 15 is 0 Å². The normalized spacial score (nSPS) is 24.3. The fourth-order valence-corrected chi connectivity index (χ4v) is 2.33. The molecule has 0 unspecified atom stereocenters. The molecular formula is C11H23N3O2Si. The van der Waals surface area contributed by atoms with Crippen LogP contribution in [0.3, 0.4) is 0 Å². The van der Waals surface area contributed by atoms with Gasteiger partial charge in [-0.2, -0.15) is 0 Å². The number of ether oxygens (including phenoxy) is 1. The van der Waals surface area contributed by atoms with Crippen molar-refractivity contribution < 1.29 is 9.16 Å². The Hall–Kier alpha value is -0.553. The molecule has 0 aromatic rings. The third-order valence-corrected chi connectivity index (χ3v) is 8.18. The molecule has 1 aliphatic rings. The van der Waals surface area contributed by atoms with E-state index in [1.54, 1.807) is 0 Å². The minimum atomic E-state index is -1.66. The summed E-state index contributed by atoms with van der Waals surface area (Å²) >= 11 is 0. The lowest BCUT2D eigenvalue weighted by molar-refractivity contribution is 0.241. The van der Waals surface area contributed by atoms with Crippen molar-refractivity contribution in [2.24, 2.45) is 5.11 Å². The molecule has 1 rings (SSSR count). The van der Waals surface area contributed by atoms with Crippen molar-refractivity contribution in [1.29, 1.82) is 0 Å². The van der Waals surface area contributed by atoms with Gasteiger partial charge in [-0.1, -0.05) is 25.9 Å². The Morgan fingerprint density at radius 2 is 2.00 bits per heavy atom. The van der Waals surface area contributed by atoms with Crippen LogP contribution in [0.1, 0.15) is 27.2 Å². The Morgan fingerprint density at radius 1 is 1.35 bits per heavy atom. The van der Waals surface area contributed by atoms with Crippen LogP contribution in [-0.2, 0) is 9.16 Å². The van der Waals surface area contributed by atoms with Crippen LogP contribution in [-0.4, -0.2) is 33.7 Å².